The van der Waals surface area contributed by atoms with Crippen LogP contribution in [0.5, 0.6) is 0 Å². The fourth-order valence-electron chi connectivity index (χ4n) is 5.30. The molecular formula is C28H26FN9O4S. The Morgan fingerprint density at radius 3 is 2.67 bits per heavy atom. The van der Waals surface area contributed by atoms with Gasteiger partial charge in [-0.15, -0.1) is 0 Å². The van der Waals surface area contributed by atoms with Crippen molar-refractivity contribution in [3.63, 3.8) is 0 Å². The largest absolute Gasteiger partial charge is 0.477 e. The molecule has 0 atom stereocenters. The van der Waals surface area contributed by atoms with E-state index in [0.29, 0.717) is 17.8 Å². The van der Waals surface area contributed by atoms with Crippen LogP contribution in [0.1, 0.15) is 44.5 Å². The number of nitrogens with one attached hydrogen (secondary N) is 1. The van der Waals surface area contributed by atoms with Gasteiger partial charge in [0.25, 0.3) is 0 Å². The maximum absolute atomic E-state index is 15.4. The number of hydrogen-bond acceptors (Lipinski definition) is 11. The van der Waals surface area contributed by atoms with Gasteiger partial charge in [0.05, 0.1) is 28.6 Å². The van der Waals surface area contributed by atoms with Crippen LogP contribution in [-0.4, -0.2) is 76.4 Å². The number of aromatic nitrogens is 5. The van der Waals surface area contributed by atoms with Gasteiger partial charge in [0, 0.05) is 49.5 Å². The van der Waals surface area contributed by atoms with Gasteiger partial charge in [0.15, 0.2) is 23.1 Å². The molecule has 6 heterocycles. The zero-order valence-electron chi connectivity index (χ0n) is 23.6. The van der Waals surface area contributed by atoms with E-state index in [1.54, 1.807) is 4.90 Å². The number of amides is 1. The van der Waals surface area contributed by atoms with Crippen molar-refractivity contribution in [1.29, 1.82) is 0 Å². The third-order valence-corrected chi connectivity index (χ3v) is 8.03. The molecule has 0 bridgehead atoms. The Morgan fingerprint density at radius 1 is 1.26 bits per heavy atom. The van der Waals surface area contributed by atoms with E-state index in [1.807, 2.05) is 18.9 Å². The number of carboxylic acid groups (broad SMARTS) is 1. The van der Waals surface area contributed by atoms with Crippen LogP contribution in [0.4, 0.5) is 10.2 Å². The smallest absolute Gasteiger partial charge is 0.341 e. The van der Waals surface area contributed by atoms with Crippen molar-refractivity contribution in [2.45, 2.75) is 45.7 Å². The molecule has 13 nitrogen and oxygen atoms in total. The Labute approximate surface area is 248 Å². The van der Waals surface area contributed by atoms with Gasteiger partial charge in [-0.25, -0.2) is 14.2 Å². The first-order valence-electron chi connectivity index (χ1n) is 13.4. The van der Waals surface area contributed by atoms with Gasteiger partial charge in [-0.3, -0.25) is 24.1 Å². The number of nitrogens with zero attached hydrogens (tertiary/aromatic N) is 8. The summed E-state index contributed by atoms with van der Waals surface area (Å²) in [5.74, 6) is -2.15. The first-order valence-corrected chi connectivity index (χ1v) is 14.2. The van der Waals surface area contributed by atoms with Crippen LogP contribution in [0.25, 0.3) is 27.6 Å². The Balaban J connectivity index is 1.29. The van der Waals surface area contributed by atoms with Crippen molar-refractivity contribution in [3.05, 3.63) is 58.4 Å². The SMILES string of the molecule is CC(C)N1N=C(NC(=O)C2CN(c3nc4c(cc3F)c(=O)c(C(=O)O)cn4-c3nc(-c4c#ccnc4)ns3)C2)CC1(C)C. The minimum atomic E-state index is -1.48. The van der Waals surface area contributed by atoms with Crippen molar-refractivity contribution < 1.29 is 19.1 Å². The number of carbonyl (C=O) groups excluding carboxylic acids is 1. The van der Waals surface area contributed by atoms with Gasteiger partial charge in [-0.2, -0.15) is 14.5 Å². The lowest BCUT2D eigenvalue weighted by Gasteiger charge is -2.39. The monoisotopic (exact) mass is 603 g/mol. The predicted molar refractivity (Wildman–Crippen MR) is 156 cm³/mol. The van der Waals surface area contributed by atoms with Crippen LogP contribution in [-0.2, 0) is 4.79 Å². The van der Waals surface area contributed by atoms with E-state index in [2.05, 4.69) is 55.7 Å². The lowest BCUT2D eigenvalue weighted by molar-refractivity contribution is -0.124. The van der Waals surface area contributed by atoms with Crippen LogP contribution < -0.4 is 15.6 Å². The number of hydrazone groups is 1. The Bertz CT molecular complexity index is 1850. The summed E-state index contributed by atoms with van der Waals surface area (Å²) in [7, 11) is 0. The van der Waals surface area contributed by atoms with Crippen molar-refractivity contribution in [1.82, 2.24) is 34.2 Å². The zero-order valence-corrected chi connectivity index (χ0v) is 24.4. The highest BCUT2D eigenvalue weighted by molar-refractivity contribution is 7.08. The average molecular weight is 604 g/mol. The van der Waals surface area contributed by atoms with Crippen LogP contribution in [0.2, 0.25) is 0 Å². The van der Waals surface area contributed by atoms with Gasteiger partial charge in [0.2, 0.25) is 16.5 Å². The Hall–Kier alpha value is -4.97. The molecular weight excluding hydrogens is 577 g/mol. The highest BCUT2D eigenvalue weighted by Crippen LogP contribution is 2.31. The van der Waals surface area contributed by atoms with Crippen LogP contribution >= 0.6 is 11.5 Å². The minimum absolute atomic E-state index is 0.0000460. The molecule has 1 fully saturated rings. The first kappa shape index (κ1) is 28.2. The molecule has 6 rings (SSSR count). The molecule has 2 aliphatic rings. The van der Waals surface area contributed by atoms with Crippen LogP contribution in [0.15, 0.2) is 34.6 Å². The second-order valence-corrected chi connectivity index (χ2v) is 12.0. The molecule has 0 spiro atoms. The topological polar surface area (TPSA) is 159 Å². The van der Waals surface area contributed by atoms with Crippen LogP contribution in [0.3, 0.4) is 0 Å². The summed E-state index contributed by atoms with van der Waals surface area (Å²) in [5, 5.41) is 19.1. The Kier molecular flexibility index (Phi) is 6.80. The molecule has 1 saturated heterocycles. The van der Waals surface area contributed by atoms with Gasteiger partial charge >= 0.3 is 5.97 Å². The molecule has 0 aliphatic carbocycles. The van der Waals surface area contributed by atoms with E-state index < -0.39 is 28.7 Å². The van der Waals surface area contributed by atoms with E-state index >= 15 is 4.39 Å². The number of halogens is 1. The number of aromatic carboxylic acids is 1. The fraction of sp³-hybridized carbons (Fsp3) is 0.357. The molecule has 0 unspecified atom stereocenters. The average Bonchev–Trinajstić information content (AvgIpc) is 3.53. The maximum Gasteiger partial charge on any atom is 0.341 e. The number of amidine groups is 1. The molecule has 4 aromatic rings. The summed E-state index contributed by atoms with van der Waals surface area (Å²) in [4.78, 5) is 52.3. The van der Waals surface area contributed by atoms with Crippen molar-refractivity contribution in [2.24, 2.45) is 11.0 Å². The summed E-state index contributed by atoms with van der Waals surface area (Å²) in [6.07, 6.45) is 4.62. The molecule has 1 amide bonds. The van der Waals surface area contributed by atoms with Gasteiger partial charge in [-0.1, -0.05) is 6.07 Å². The third-order valence-electron chi connectivity index (χ3n) is 7.31. The van der Waals surface area contributed by atoms with Gasteiger partial charge in [0.1, 0.15) is 11.4 Å². The second kappa shape index (κ2) is 10.4. The second-order valence-electron chi connectivity index (χ2n) is 11.3. The van der Waals surface area contributed by atoms with E-state index in [4.69, 9.17) is 0 Å². The van der Waals surface area contributed by atoms with E-state index in [-0.39, 0.29) is 58.4 Å². The third kappa shape index (κ3) is 5.03. The lowest BCUT2D eigenvalue weighted by atomic mass is 9.97. The van der Waals surface area contributed by atoms with Crippen molar-refractivity contribution >= 4 is 46.1 Å². The predicted octanol–water partition coefficient (Wildman–Crippen LogP) is 2.50. The number of fused-ring (bicyclic) bond motifs is 1. The number of hydrogen-bond donors (Lipinski definition) is 2. The molecule has 2 N–H and O–H groups in total. The van der Waals surface area contributed by atoms with Gasteiger partial charge < -0.3 is 15.3 Å². The molecule has 0 aromatic carbocycles. The summed E-state index contributed by atoms with van der Waals surface area (Å²) < 4.78 is 20.9. The van der Waals surface area contributed by atoms with Crippen molar-refractivity contribution in [2.75, 3.05) is 18.0 Å². The summed E-state index contributed by atoms with van der Waals surface area (Å²) >= 11 is 0.928. The number of carboxylic acids is 1. The number of carbonyl (C=O) groups is 2. The Morgan fingerprint density at radius 2 is 2.02 bits per heavy atom. The molecule has 0 radical (unpaired) electrons. The first-order chi connectivity index (χ1) is 20.4. The lowest BCUT2D eigenvalue weighted by Crippen LogP contribution is -2.55. The summed E-state index contributed by atoms with van der Waals surface area (Å²) in [6, 6.07) is 6.71. The summed E-state index contributed by atoms with van der Waals surface area (Å²) in [6.45, 7) is 8.59. The fourth-order valence-corrected chi connectivity index (χ4v) is 5.96. The highest BCUT2D eigenvalue weighted by Gasteiger charge is 2.39. The van der Waals surface area contributed by atoms with E-state index in [9.17, 15) is 19.5 Å². The molecule has 43 heavy (non-hydrogen) atoms. The summed E-state index contributed by atoms with van der Waals surface area (Å²) in [5.41, 5.74) is -1.22. The molecule has 0 saturated carbocycles. The number of rotatable bonds is 6. The van der Waals surface area contributed by atoms with Crippen LogP contribution in [0, 0.1) is 23.9 Å². The number of pyridine rings is 2. The van der Waals surface area contributed by atoms with Crippen molar-refractivity contribution in [3.8, 4) is 16.5 Å². The molecule has 220 valence electrons. The highest BCUT2D eigenvalue weighted by atomic mass is 32.1. The molecule has 15 heteroatoms. The number of anilines is 1. The maximum atomic E-state index is 15.4. The zero-order chi connectivity index (χ0) is 30.6. The molecule has 4 aromatic heterocycles. The van der Waals surface area contributed by atoms with E-state index in [1.165, 1.54) is 17.0 Å². The van der Waals surface area contributed by atoms with Gasteiger partial charge in [-0.05, 0) is 39.8 Å². The standard InChI is InChI=1S/C28H26FN9O4S/c1-14(2)38-28(3,4)9-20(34-38)31-25(40)16-11-36(12-16)24-19(29)8-17-21(39)18(26(41)42)13-37(23(17)33-24)27-32-22(35-43-27)15-6-5-7-30-10-15/h7-8,10,13-14,16H,9,11-12H2,1-4H3,(H,41,42)(H,31,34,40). The van der Waals surface area contributed by atoms with E-state index in [0.717, 1.165) is 23.8 Å². The quantitative estimate of drug-likeness (QED) is 0.335. The normalized spacial score (nSPS) is 16.3. The minimum Gasteiger partial charge on any atom is -0.477 e. The molecule has 2 aliphatic heterocycles.